The molecule has 13 heteroatoms. The van der Waals surface area contributed by atoms with Gasteiger partial charge >= 0.3 is 17.4 Å². The molecule has 0 atom stereocenters. The molecule has 6 nitrogen and oxygen atoms in total. The molecule has 0 amide bonds. The van der Waals surface area contributed by atoms with E-state index in [2.05, 4.69) is 4.98 Å². The van der Waals surface area contributed by atoms with Gasteiger partial charge in [-0.25, -0.2) is 4.98 Å². The van der Waals surface area contributed by atoms with Crippen LogP contribution in [0.15, 0.2) is 47.4 Å². The summed E-state index contributed by atoms with van der Waals surface area (Å²) in [4.78, 5) is 26.2. The fourth-order valence-electron chi connectivity index (χ4n) is 2.86. The van der Waals surface area contributed by atoms with Crippen molar-refractivity contribution in [2.24, 2.45) is 0 Å². The van der Waals surface area contributed by atoms with Gasteiger partial charge in [-0.1, -0.05) is 18.2 Å². The van der Waals surface area contributed by atoms with Gasteiger partial charge in [-0.2, -0.15) is 13.2 Å². The predicted octanol–water partition coefficient (Wildman–Crippen LogP) is 6.90. The van der Waals surface area contributed by atoms with Crippen LogP contribution >= 0.6 is 46.6 Å². The molecule has 0 radical (unpaired) electrons. The van der Waals surface area contributed by atoms with Crippen molar-refractivity contribution in [1.29, 1.82) is 0 Å². The molecule has 0 saturated carbocycles. The van der Waals surface area contributed by atoms with Crippen molar-refractivity contribution < 1.29 is 37.7 Å². The van der Waals surface area contributed by atoms with Crippen molar-refractivity contribution in [3.8, 4) is 5.75 Å². The van der Waals surface area contributed by atoms with E-state index in [1.54, 1.807) is 0 Å². The molecule has 0 aliphatic carbocycles. The smallest absolute Gasteiger partial charge is 0.446 e. The number of fused-ring (bicyclic) bond motifs is 1. The van der Waals surface area contributed by atoms with Gasteiger partial charge in [0.25, 0.3) is 0 Å². The zero-order valence-corrected chi connectivity index (χ0v) is 21.3. The standard InChI is InChI=1S/C22H20F3NO5S4/c23-22(24,25)35-17-6-5-13(21(32-9-7-19(27)28)33-10-8-20(29)30)11-15(17)31-12-18-26-14-3-1-2-4-16(14)34-18/h1-6,11,21H,7-10,12H2,(H,27,28)(H,29,30). The minimum atomic E-state index is -4.51. The lowest BCUT2D eigenvalue weighted by Gasteiger charge is -2.19. The Balaban J connectivity index is 1.83. The lowest BCUT2D eigenvalue weighted by molar-refractivity contribution is -0.137. The van der Waals surface area contributed by atoms with Gasteiger partial charge in [0.2, 0.25) is 0 Å². The summed E-state index contributed by atoms with van der Waals surface area (Å²) in [5, 5.41) is 18.5. The zero-order chi connectivity index (χ0) is 25.4. The first-order chi connectivity index (χ1) is 16.6. The molecule has 1 aromatic heterocycles. The van der Waals surface area contributed by atoms with Gasteiger partial charge in [-0.15, -0.1) is 34.9 Å². The lowest BCUT2D eigenvalue weighted by atomic mass is 10.2. The number of carboxylic acids is 2. The minimum absolute atomic E-state index is 0.0167. The molecular formula is C22H20F3NO5S4. The van der Waals surface area contributed by atoms with E-state index in [-0.39, 0.29) is 57.9 Å². The van der Waals surface area contributed by atoms with Gasteiger partial charge in [-0.3, -0.25) is 9.59 Å². The highest BCUT2D eigenvalue weighted by Gasteiger charge is 2.31. The molecule has 2 aromatic carbocycles. The number of halogens is 3. The number of hydrogen-bond donors (Lipinski definition) is 2. The summed E-state index contributed by atoms with van der Waals surface area (Å²) in [5.41, 5.74) is -3.12. The molecule has 0 bridgehead atoms. The van der Waals surface area contributed by atoms with Crippen molar-refractivity contribution in [1.82, 2.24) is 4.98 Å². The number of nitrogens with zero attached hydrogens (tertiary/aromatic N) is 1. The number of thiazole rings is 1. The number of thioether (sulfide) groups is 3. The number of aromatic nitrogens is 1. The third-order valence-corrected chi connectivity index (χ3v) is 8.97. The maximum absolute atomic E-state index is 13.1. The number of para-hydroxylation sites is 1. The molecule has 0 spiro atoms. The first-order valence-electron chi connectivity index (χ1n) is 10.1. The van der Waals surface area contributed by atoms with Crippen LogP contribution < -0.4 is 4.74 Å². The number of alkyl halides is 3. The summed E-state index contributed by atoms with van der Waals surface area (Å²) in [7, 11) is 0. The monoisotopic (exact) mass is 563 g/mol. The Labute approximate surface area is 215 Å². The zero-order valence-electron chi connectivity index (χ0n) is 18.0. The molecule has 2 N–H and O–H groups in total. The highest BCUT2D eigenvalue weighted by atomic mass is 32.2. The van der Waals surface area contributed by atoms with Crippen molar-refractivity contribution >= 4 is 68.8 Å². The van der Waals surface area contributed by atoms with Gasteiger partial charge in [0, 0.05) is 11.5 Å². The molecule has 188 valence electrons. The van der Waals surface area contributed by atoms with E-state index in [1.807, 2.05) is 24.3 Å². The number of carbonyl (C=O) groups is 2. The largest absolute Gasteiger partial charge is 0.485 e. The van der Waals surface area contributed by atoms with Crippen molar-refractivity contribution in [3.63, 3.8) is 0 Å². The SMILES string of the molecule is O=C(O)CCSC(SCCC(=O)O)c1ccc(SC(F)(F)F)c(OCc2nc3ccccc3s2)c1. The molecule has 0 aliphatic heterocycles. The topological polar surface area (TPSA) is 96.7 Å². The van der Waals surface area contributed by atoms with Crippen LogP contribution in [0.25, 0.3) is 10.2 Å². The Hall–Kier alpha value is -2.09. The summed E-state index contributed by atoms with van der Waals surface area (Å²) in [6, 6.07) is 11.8. The molecule has 3 rings (SSSR count). The van der Waals surface area contributed by atoms with Crippen LogP contribution in [0.5, 0.6) is 5.75 Å². The van der Waals surface area contributed by atoms with E-state index >= 15 is 0 Å². The molecular weight excluding hydrogens is 544 g/mol. The van der Waals surface area contributed by atoms with E-state index < -0.39 is 17.4 Å². The van der Waals surface area contributed by atoms with E-state index in [4.69, 9.17) is 14.9 Å². The number of rotatable bonds is 13. The van der Waals surface area contributed by atoms with Crippen LogP contribution in [0, 0.1) is 0 Å². The van der Waals surface area contributed by atoms with Crippen LogP contribution in [0.1, 0.15) is 28.0 Å². The molecule has 0 aliphatic rings. The van der Waals surface area contributed by atoms with Crippen molar-refractivity contribution in [2.45, 2.75) is 34.4 Å². The average Bonchev–Trinajstić information content (AvgIpc) is 3.19. The number of benzene rings is 2. The number of aliphatic carboxylic acids is 2. The number of carboxylic acid groups (broad SMARTS) is 2. The van der Waals surface area contributed by atoms with E-state index in [1.165, 1.54) is 53.1 Å². The van der Waals surface area contributed by atoms with Crippen LogP contribution in [0.2, 0.25) is 0 Å². The second-order valence-electron chi connectivity index (χ2n) is 6.98. The summed E-state index contributed by atoms with van der Waals surface area (Å²) in [5.74, 6) is -1.37. The summed E-state index contributed by atoms with van der Waals surface area (Å²) >= 11 is 3.70. The third-order valence-electron chi connectivity index (χ3n) is 4.33. The van der Waals surface area contributed by atoms with Crippen LogP contribution in [0.4, 0.5) is 13.2 Å². The molecule has 0 unspecified atom stereocenters. The van der Waals surface area contributed by atoms with Gasteiger partial charge in [0.1, 0.15) is 17.4 Å². The minimum Gasteiger partial charge on any atom is -0.485 e. The Morgan fingerprint density at radius 2 is 1.69 bits per heavy atom. The van der Waals surface area contributed by atoms with E-state index in [0.29, 0.717) is 10.6 Å². The Morgan fingerprint density at radius 1 is 1.03 bits per heavy atom. The number of ether oxygens (including phenoxy) is 1. The Bertz CT molecular complexity index is 1120. The number of hydrogen-bond acceptors (Lipinski definition) is 8. The summed E-state index contributed by atoms with van der Waals surface area (Å²) < 4.78 is 45.8. The molecule has 35 heavy (non-hydrogen) atoms. The molecule has 0 saturated heterocycles. The fraction of sp³-hybridized carbons (Fsp3) is 0.318. The Kier molecular flexibility index (Phi) is 10.0. The maximum Gasteiger partial charge on any atom is 0.446 e. The first-order valence-corrected chi connectivity index (χ1v) is 13.9. The van der Waals surface area contributed by atoms with Crippen LogP contribution in [0.3, 0.4) is 0 Å². The first kappa shape index (κ1) is 27.5. The summed E-state index contributed by atoms with van der Waals surface area (Å²) in [6.07, 6.45) is -0.187. The van der Waals surface area contributed by atoms with Crippen LogP contribution in [-0.4, -0.2) is 44.1 Å². The van der Waals surface area contributed by atoms with Gasteiger partial charge in [-0.05, 0) is 41.6 Å². The van der Waals surface area contributed by atoms with Gasteiger partial charge in [0.15, 0.2) is 0 Å². The predicted molar refractivity (Wildman–Crippen MR) is 134 cm³/mol. The highest BCUT2D eigenvalue weighted by molar-refractivity contribution is 8.16. The Morgan fingerprint density at radius 3 is 2.29 bits per heavy atom. The molecule has 0 fully saturated rings. The molecule has 3 aromatic rings. The van der Waals surface area contributed by atoms with Crippen molar-refractivity contribution in [2.75, 3.05) is 11.5 Å². The van der Waals surface area contributed by atoms with Gasteiger partial charge in [0.05, 0.1) is 32.5 Å². The average molecular weight is 564 g/mol. The van der Waals surface area contributed by atoms with Gasteiger partial charge < -0.3 is 14.9 Å². The maximum atomic E-state index is 13.1. The highest BCUT2D eigenvalue weighted by Crippen LogP contribution is 2.46. The fourth-order valence-corrected chi connectivity index (χ4v) is 7.00. The van der Waals surface area contributed by atoms with E-state index in [0.717, 1.165) is 10.2 Å². The second kappa shape index (κ2) is 12.7. The van der Waals surface area contributed by atoms with Crippen LogP contribution in [-0.2, 0) is 16.2 Å². The van der Waals surface area contributed by atoms with Crippen molar-refractivity contribution in [3.05, 3.63) is 53.0 Å². The second-order valence-corrected chi connectivity index (χ2v) is 11.9. The third kappa shape index (κ3) is 9.13. The molecule has 1 heterocycles. The normalized spacial score (nSPS) is 11.8. The quantitative estimate of drug-likeness (QED) is 0.170. The van der Waals surface area contributed by atoms with E-state index in [9.17, 15) is 22.8 Å². The lowest BCUT2D eigenvalue weighted by Crippen LogP contribution is -2.04. The summed E-state index contributed by atoms with van der Waals surface area (Å²) in [6.45, 7) is -0.0167.